The first-order valence-corrected chi connectivity index (χ1v) is 8.12. The number of aryl methyl sites for hydroxylation is 1. The molecule has 4 rings (SSSR count). The summed E-state index contributed by atoms with van der Waals surface area (Å²) in [6.45, 7) is 4.08. The van der Waals surface area contributed by atoms with Gasteiger partial charge in [0, 0.05) is 11.6 Å². The van der Waals surface area contributed by atoms with Crippen LogP contribution in [0.4, 0.5) is 5.95 Å². The van der Waals surface area contributed by atoms with Crippen molar-refractivity contribution in [2.24, 2.45) is 5.10 Å². The van der Waals surface area contributed by atoms with E-state index >= 15 is 0 Å². The number of fused-ring (bicyclic) bond motifs is 3. The van der Waals surface area contributed by atoms with Crippen molar-refractivity contribution in [2.75, 3.05) is 5.43 Å². The number of nitrogens with one attached hydrogen (secondary N) is 2. The smallest absolute Gasteiger partial charge is 0.265 e. The largest absolute Gasteiger partial charge is 0.337 e. The van der Waals surface area contributed by atoms with Gasteiger partial charge in [-0.05, 0) is 31.0 Å². The third-order valence-electron chi connectivity index (χ3n) is 4.04. The highest BCUT2D eigenvalue weighted by molar-refractivity contribution is 6.04. The maximum Gasteiger partial charge on any atom is 0.265 e. The first-order chi connectivity index (χ1) is 12.3. The number of hydrazone groups is 1. The molecule has 3 aromatic heterocycles. The summed E-state index contributed by atoms with van der Waals surface area (Å²) in [5.74, 6) is 0.346. The highest BCUT2D eigenvalue weighted by atomic mass is 15.4. The number of H-pyrrole nitrogens is 1. The average Bonchev–Trinajstić information content (AvgIpc) is 3.02. The Kier molecular flexibility index (Phi) is 3.81. The second-order valence-electron chi connectivity index (χ2n) is 5.69. The van der Waals surface area contributed by atoms with E-state index in [0.717, 1.165) is 39.8 Å². The van der Waals surface area contributed by atoms with Crippen molar-refractivity contribution in [3.63, 3.8) is 0 Å². The topological polar surface area (TPSA) is 91.7 Å². The zero-order chi connectivity index (χ0) is 17.2. The van der Waals surface area contributed by atoms with E-state index in [1.165, 1.54) is 0 Å². The molecule has 0 fully saturated rings. The predicted molar refractivity (Wildman–Crippen MR) is 98.6 cm³/mol. The monoisotopic (exact) mass is 331 g/mol. The van der Waals surface area contributed by atoms with Crippen LogP contribution in [-0.4, -0.2) is 30.9 Å². The minimum atomic E-state index is 0.346. The number of anilines is 1. The van der Waals surface area contributed by atoms with E-state index < -0.39 is 0 Å². The fourth-order valence-corrected chi connectivity index (χ4v) is 2.76. The molecule has 0 aliphatic heterocycles. The van der Waals surface area contributed by atoms with Crippen molar-refractivity contribution in [3.8, 4) is 0 Å². The molecule has 0 aliphatic carbocycles. The van der Waals surface area contributed by atoms with Gasteiger partial charge in [-0.15, -0.1) is 10.2 Å². The van der Waals surface area contributed by atoms with Gasteiger partial charge in [0.25, 0.3) is 5.95 Å². The summed E-state index contributed by atoms with van der Waals surface area (Å²) in [5.41, 5.74) is 8.17. The zero-order valence-electron chi connectivity index (χ0n) is 14.0. The van der Waals surface area contributed by atoms with Crippen LogP contribution in [0.25, 0.3) is 22.1 Å². The maximum absolute atomic E-state index is 4.49. The van der Waals surface area contributed by atoms with Gasteiger partial charge in [0.15, 0.2) is 5.65 Å². The first-order valence-electron chi connectivity index (χ1n) is 8.12. The number of hydrogen-bond donors (Lipinski definition) is 2. The van der Waals surface area contributed by atoms with Gasteiger partial charge in [0.2, 0.25) is 0 Å². The van der Waals surface area contributed by atoms with Crippen LogP contribution in [0.5, 0.6) is 0 Å². The van der Waals surface area contributed by atoms with Gasteiger partial charge in [-0.25, -0.2) is 5.43 Å². The van der Waals surface area contributed by atoms with Crippen LogP contribution in [0.1, 0.15) is 24.6 Å². The van der Waals surface area contributed by atoms with E-state index in [-0.39, 0.29) is 0 Å². The number of pyridine rings is 1. The third kappa shape index (κ3) is 2.80. The van der Waals surface area contributed by atoms with E-state index in [1.54, 1.807) is 6.20 Å². The van der Waals surface area contributed by atoms with E-state index in [9.17, 15) is 0 Å². The Morgan fingerprint density at radius 2 is 2.08 bits per heavy atom. The molecular weight excluding hydrogens is 314 g/mol. The number of hydrogen-bond acceptors (Lipinski definition) is 6. The summed E-state index contributed by atoms with van der Waals surface area (Å²) >= 11 is 0. The molecule has 25 heavy (non-hydrogen) atoms. The summed E-state index contributed by atoms with van der Waals surface area (Å²) in [4.78, 5) is 12.1. The molecule has 0 saturated carbocycles. The van der Waals surface area contributed by atoms with Crippen LogP contribution in [0, 0.1) is 6.92 Å². The average molecular weight is 331 g/mol. The van der Waals surface area contributed by atoms with Crippen molar-refractivity contribution >= 4 is 33.7 Å². The van der Waals surface area contributed by atoms with Crippen molar-refractivity contribution in [1.82, 2.24) is 25.1 Å². The van der Waals surface area contributed by atoms with Gasteiger partial charge in [-0.3, -0.25) is 4.98 Å². The SMILES string of the molecule is CC/C(=N\Nc1nnc2c(n1)[nH]c1c(C)cccc12)c1ccccn1. The van der Waals surface area contributed by atoms with Gasteiger partial charge in [0.1, 0.15) is 5.52 Å². The van der Waals surface area contributed by atoms with Gasteiger partial charge in [-0.2, -0.15) is 10.1 Å². The lowest BCUT2D eigenvalue weighted by Crippen LogP contribution is -2.07. The van der Waals surface area contributed by atoms with Crippen molar-refractivity contribution in [1.29, 1.82) is 0 Å². The maximum atomic E-state index is 4.49. The van der Waals surface area contributed by atoms with Crippen molar-refractivity contribution in [2.45, 2.75) is 20.3 Å². The molecule has 0 amide bonds. The van der Waals surface area contributed by atoms with Crippen LogP contribution in [0.15, 0.2) is 47.7 Å². The van der Waals surface area contributed by atoms with Crippen LogP contribution >= 0.6 is 0 Å². The normalized spacial score (nSPS) is 12.0. The fraction of sp³-hybridized carbons (Fsp3) is 0.167. The number of nitrogens with zero attached hydrogens (tertiary/aromatic N) is 5. The highest BCUT2D eigenvalue weighted by Gasteiger charge is 2.10. The molecule has 3 heterocycles. The first kappa shape index (κ1) is 15.2. The Morgan fingerprint density at radius 1 is 1.16 bits per heavy atom. The Bertz CT molecular complexity index is 1070. The third-order valence-corrected chi connectivity index (χ3v) is 4.04. The molecule has 7 heteroatoms. The van der Waals surface area contributed by atoms with E-state index in [1.807, 2.05) is 37.3 Å². The second-order valence-corrected chi connectivity index (χ2v) is 5.69. The van der Waals surface area contributed by atoms with Gasteiger partial charge < -0.3 is 4.98 Å². The Hall–Kier alpha value is -3.35. The number of benzene rings is 1. The quantitative estimate of drug-likeness (QED) is 0.441. The zero-order valence-corrected chi connectivity index (χ0v) is 14.0. The molecule has 0 radical (unpaired) electrons. The molecule has 0 unspecified atom stereocenters. The van der Waals surface area contributed by atoms with E-state index in [0.29, 0.717) is 11.6 Å². The lowest BCUT2D eigenvalue weighted by atomic mass is 10.1. The van der Waals surface area contributed by atoms with Gasteiger partial charge >= 0.3 is 0 Å². The summed E-state index contributed by atoms with van der Waals surface area (Å²) < 4.78 is 0. The number of para-hydroxylation sites is 1. The summed E-state index contributed by atoms with van der Waals surface area (Å²) in [5, 5.41) is 13.8. The molecule has 0 saturated heterocycles. The van der Waals surface area contributed by atoms with E-state index in [4.69, 9.17) is 0 Å². The predicted octanol–water partition coefficient (Wildman–Crippen LogP) is 3.44. The summed E-state index contributed by atoms with van der Waals surface area (Å²) in [6.07, 6.45) is 2.49. The second kappa shape index (κ2) is 6.27. The fourth-order valence-electron chi connectivity index (χ4n) is 2.76. The number of aromatic amines is 1. The molecule has 1 aromatic carbocycles. The molecule has 2 N–H and O–H groups in total. The standard InChI is InChI=1S/C18H17N7/c1-3-13(14-9-4-5-10-19-14)22-24-18-21-17-16(23-25-18)12-8-6-7-11(2)15(12)20-17/h4-10H,3H2,1-2H3,(H2,20,21,24,25)/b22-13+. The molecule has 0 atom stereocenters. The van der Waals surface area contributed by atoms with Crippen LogP contribution in [0.2, 0.25) is 0 Å². The summed E-state index contributed by atoms with van der Waals surface area (Å²) in [7, 11) is 0. The van der Waals surface area contributed by atoms with Crippen LogP contribution < -0.4 is 5.43 Å². The molecule has 0 bridgehead atoms. The molecule has 0 spiro atoms. The molecule has 7 nitrogen and oxygen atoms in total. The Morgan fingerprint density at radius 3 is 2.88 bits per heavy atom. The number of aromatic nitrogens is 5. The minimum Gasteiger partial charge on any atom is -0.337 e. The highest BCUT2D eigenvalue weighted by Crippen LogP contribution is 2.24. The van der Waals surface area contributed by atoms with Gasteiger partial charge in [0.05, 0.1) is 16.9 Å². The van der Waals surface area contributed by atoms with Crippen LogP contribution in [0.3, 0.4) is 0 Å². The molecule has 4 aromatic rings. The van der Waals surface area contributed by atoms with Gasteiger partial charge in [-0.1, -0.05) is 31.2 Å². The lowest BCUT2D eigenvalue weighted by molar-refractivity contribution is 1.00. The van der Waals surface area contributed by atoms with Crippen LogP contribution in [-0.2, 0) is 0 Å². The number of rotatable bonds is 4. The molecule has 124 valence electrons. The molecular formula is C18H17N7. The Balaban J connectivity index is 1.69. The minimum absolute atomic E-state index is 0.346. The summed E-state index contributed by atoms with van der Waals surface area (Å²) in [6, 6.07) is 11.8. The molecule has 0 aliphatic rings. The lowest BCUT2D eigenvalue weighted by Gasteiger charge is -2.03. The van der Waals surface area contributed by atoms with E-state index in [2.05, 4.69) is 48.7 Å². The Labute approximate surface area is 144 Å². The van der Waals surface area contributed by atoms with Crippen molar-refractivity contribution in [3.05, 3.63) is 53.9 Å². The van der Waals surface area contributed by atoms with Crippen molar-refractivity contribution < 1.29 is 0 Å².